The van der Waals surface area contributed by atoms with E-state index in [1.807, 2.05) is 47.0 Å². The summed E-state index contributed by atoms with van der Waals surface area (Å²) >= 11 is 10.0. The molecule has 0 bridgehead atoms. The molecule has 1 N–H and O–H groups in total. The van der Waals surface area contributed by atoms with Gasteiger partial charge in [0.2, 0.25) is 0 Å². The summed E-state index contributed by atoms with van der Waals surface area (Å²) in [5.41, 5.74) is 3.82. The maximum atomic E-state index is 6.46. The maximum Gasteiger partial charge on any atom is 0.172 e. The maximum absolute atomic E-state index is 6.46. The largest absolute Gasteiger partial charge is 0.497 e. The minimum Gasteiger partial charge on any atom is -0.497 e. The number of hydrogen-bond acceptors (Lipinski definition) is 5. The van der Waals surface area contributed by atoms with Crippen LogP contribution in [0, 0.1) is 0 Å². The Kier molecular flexibility index (Phi) is 6.53. The van der Waals surface area contributed by atoms with Crippen LogP contribution in [-0.2, 0) is 6.54 Å². The number of likely N-dealkylation sites (tertiary alicyclic amines) is 1. The highest BCUT2D eigenvalue weighted by atomic mass is 79.9. The van der Waals surface area contributed by atoms with Crippen LogP contribution in [0.4, 0.5) is 5.82 Å². The van der Waals surface area contributed by atoms with Crippen LogP contribution >= 0.6 is 27.5 Å². The molecule has 0 atom stereocenters. The molecule has 0 amide bonds. The Hall–Kier alpha value is -2.61. The van der Waals surface area contributed by atoms with Crippen molar-refractivity contribution in [2.45, 2.75) is 25.4 Å². The zero-order valence-electron chi connectivity index (χ0n) is 18.3. The third-order valence-electron chi connectivity index (χ3n) is 6.08. The van der Waals surface area contributed by atoms with Crippen molar-refractivity contribution in [3.05, 3.63) is 75.9 Å². The van der Waals surface area contributed by atoms with Crippen molar-refractivity contribution in [2.75, 3.05) is 25.5 Å². The number of piperidine rings is 1. The van der Waals surface area contributed by atoms with E-state index in [2.05, 4.69) is 43.4 Å². The van der Waals surface area contributed by atoms with Crippen LogP contribution in [0.25, 0.3) is 16.9 Å². The predicted octanol–water partition coefficient (Wildman–Crippen LogP) is 5.90. The summed E-state index contributed by atoms with van der Waals surface area (Å²) in [6, 6.07) is 18.5. The molecule has 6 nitrogen and oxygen atoms in total. The fourth-order valence-corrected chi connectivity index (χ4v) is 4.86. The van der Waals surface area contributed by atoms with E-state index in [-0.39, 0.29) is 0 Å². The average Bonchev–Trinajstić information content (AvgIpc) is 3.22. The summed E-state index contributed by atoms with van der Waals surface area (Å²) in [4.78, 5) is 7.30. The summed E-state index contributed by atoms with van der Waals surface area (Å²) in [7, 11) is 1.70. The Balaban J connectivity index is 1.31. The van der Waals surface area contributed by atoms with Crippen LogP contribution in [0.5, 0.6) is 5.75 Å². The number of methoxy groups -OCH3 is 1. The van der Waals surface area contributed by atoms with Crippen molar-refractivity contribution in [3.8, 4) is 17.0 Å². The van der Waals surface area contributed by atoms with Gasteiger partial charge in [-0.05, 0) is 52.5 Å². The highest BCUT2D eigenvalue weighted by Gasteiger charge is 2.21. The molecule has 0 saturated carbocycles. The van der Waals surface area contributed by atoms with Gasteiger partial charge in [-0.2, -0.15) is 9.61 Å². The van der Waals surface area contributed by atoms with Crippen LogP contribution < -0.4 is 10.1 Å². The van der Waals surface area contributed by atoms with Gasteiger partial charge in [0.05, 0.1) is 23.5 Å². The second-order valence-corrected chi connectivity index (χ2v) is 9.54. The van der Waals surface area contributed by atoms with Crippen molar-refractivity contribution in [3.63, 3.8) is 0 Å². The number of nitrogens with one attached hydrogen (secondary N) is 1. The number of halogens is 2. The summed E-state index contributed by atoms with van der Waals surface area (Å²) in [6.07, 6.45) is 3.90. The van der Waals surface area contributed by atoms with E-state index >= 15 is 0 Å². The lowest BCUT2D eigenvalue weighted by Crippen LogP contribution is -2.39. The Morgan fingerprint density at radius 2 is 1.88 bits per heavy atom. The monoisotopic (exact) mass is 525 g/mol. The van der Waals surface area contributed by atoms with Gasteiger partial charge in [-0.1, -0.05) is 41.9 Å². The summed E-state index contributed by atoms with van der Waals surface area (Å²) in [5.74, 6) is 1.82. The Labute approximate surface area is 206 Å². The molecule has 2 aromatic heterocycles. The van der Waals surface area contributed by atoms with E-state index in [1.165, 1.54) is 5.56 Å². The molecule has 4 aromatic rings. The predicted molar refractivity (Wildman–Crippen MR) is 136 cm³/mol. The standard InChI is InChI=1S/C25H25BrClN5O/c1-33-19-8-6-17(7-9-19)16-31-12-10-18(11-13-31)29-24-14-23(20-4-2-3-5-22(20)27)30-25-21(26)15-28-32(24)25/h2-9,14-15,18,29H,10-13,16H2,1H3. The molecule has 33 heavy (non-hydrogen) atoms. The molecule has 0 spiro atoms. The number of rotatable bonds is 6. The van der Waals surface area contributed by atoms with Gasteiger partial charge in [-0.15, -0.1) is 0 Å². The number of hydrogen-bond donors (Lipinski definition) is 1. The molecule has 1 saturated heterocycles. The SMILES string of the molecule is COc1ccc(CN2CCC(Nc3cc(-c4ccccc4Cl)nc4c(Br)cnn34)CC2)cc1. The first-order chi connectivity index (χ1) is 16.1. The van der Waals surface area contributed by atoms with E-state index in [0.717, 1.165) is 65.4 Å². The van der Waals surface area contributed by atoms with E-state index in [9.17, 15) is 0 Å². The Morgan fingerprint density at radius 3 is 2.61 bits per heavy atom. The lowest BCUT2D eigenvalue weighted by atomic mass is 10.0. The van der Waals surface area contributed by atoms with Crippen molar-refractivity contribution >= 4 is 39.0 Å². The smallest absolute Gasteiger partial charge is 0.172 e. The number of anilines is 1. The normalized spacial score (nSPS) is 15.1. The Morgan fingerprint density at radius 1 is 1.12 bits per heavy atom. The number of fused-ring (bicyclic) bond motifs is 1. The highest BCUT2D eigenvalue weighted by molar-refractivity contribution is 9.10. The molecule has 0 unspecified atom stereocenters. The molecule has 1 aliphatic rings. The van der Waals surface area contributed by atoms with Crippen LogP contribution in [0.1, 0.15) is 18.4 Å². The first kappa shape index (κ1) is 22.2. The summed E-state index contributed by atoms with van der Waals surface area (Å²) < 4.78 is 7.97. The molecule has 170 valence electrons. The quantitative estimate of drug-likeness (QED) is 0.339. The van der Waals surface area contributed by atoms with Crippen LogP contribution in [-0.4, -0.2) is 45.7 Å². The first-order valence-electron chi connectivity index (χ1n) is 11.0. The van der Waals surface area contributed by atoms with Gasteiger partial charge in [0.25, 0.3) is 0 Å². The Bertz CT molecular complexity index is 1250. The lowest BCUT2D eigenvalue weighted by molar-refractivity contribution is 0.211. The van der Waals surface area contributed by atoms with Gasteiger partial charge < -0.3 is 10.1 Å². The third kappa shape index (κ3) is 4.86. The third-order valence-corrected chi connectivity index (χ3v) is 6.97. The number of aromatic nitrogens is 3. The van der Waals surface area contributed by atoms with Crippen molar-refractivity contribution in [1.82, 2.24) is 19.5 Å². The molecule has 8 heteroatoms. The van der Waals surface area contributed by atoms with Crippen molar-refractivity contribution in [2.24, 2.45) is 0 Å². The number of nitrogens with zero attached hydrogens (tertiary/aromatic N) is 4. The number of ether oxygens (including phenoxy) is 1. The van der Waals surface area contributed by atoms with Gasteiger partial charge in [0.1, 0.15) is 11.6 Å². The molecule has 3 heterocycles. The molecule has 0 radical (unpaired) electrons. The second-order valence-electron chi connectivity index (χ2n) is 8.28. The molecule has 1 aliphatic heterocycles. The average molecular weight is 527 g/mol. The van der Waals surface area contributed by atoms with Gasteiger partial charge in [-0.25, -0.2) is 4.98 Å². The van der Waals surface area contributed by atoms with Crippen molar-refractivity contribution < 1.29 is 4.74 Å². The lowest BCUT2D eigenvalue weighted by Gasteiger charge is -2.33. The minimum absolute atomic E-state index is 0.366. The van der Waals surface area contributed by atoms with Crippen molar-refractivity contribution in [1.29, 1.82) is 0 Å². The molecule has 1 fully saturated rings. The highest BCUT2D eigenvalue weighted by Crippen LogP contribution is 2.31. The fraction of sp³-hybridized carbons (Fsp3) is 0.280. The molecular weight excluding hydrogens is 502 g/mol. The zero-order chi connectivity index (χ0) is 22.8. The molecule has 2 aromatic carbocycles. The van der Waals surface area contributed by atoms with E-state index in [0.29, 0.717) is 11.1 Å². The summed E-state index contributed by atoms with van der Waals surface area (Å²) in [6.45, 7) is 3.04. The summed E-state index contributed by atoms with van der Waals surface area (Å²) in [5, 5.41) is 8.92. The molecule has 0 aliphatic carbocycles. The van der Waals surface area contributed by atoms with Crippen LogP contribution in [0.2, 0.25) is 5.02 Å². The van der Waals surface area contributed by atoms with Crippen LogP contribution in [0.15, 0.2) is 65.3 Å². The van der Waals surface area contributed by atoms with E-state index < -0.39 is 0 Å². The van der Waals surface area contributed by atoms with Crippen LogP contribution in [0.3, 0.4) is 0 Å². The van der Waals surface area contributed by atoms with E-state index in [4.69, 9.17) is 21.3 Å². The number of benzene rings is 2. The first-order valence-corrected chi connectivity index (χ1v) is 12.2. The fourth-order valence-electron chi connectivity index (χ4n) is 4.28. The minimum atomic E-state index is 0.366. The zero-order valence-corrected chi connectivity index (χ0v) is 20.7. The van der Waals surface area contributed by atoms with Gasteiger partial charge in [0.15, 0.2) is 5.65 Å². The van der Waals surface area contributed by atoms with Gasteiger partial charge in [-0.3, -0.25) is 4.90 Å². The second kappa shape index (κ2) is 9.71. The van der Waals surface area contributed by atoms with Gasteiger partial charge in [0, 0.05) is 42.3 Å². The molecule has 5 rings (SSSR count). The topological polar surface area (TPSA) is 54.7 Å². The van der Waals surface area contributed by atoms with E-state index in [1.54, 1.807) is 13.3 Å². The molecular formula is C25H25BrClN5O. The van der Waals surface area contributed by atoms with Gasteiger partial charge >= 0.3 is 0 Å².